The van der Waals surface area contributed by atoms with E-state index in [1.54, 1.807) is 0 Å². The molecule has 0 amide bonds. The SMILES string of the molecule is CCCCc1cc2c(-c3ccccc3C(C)C)c(CCC)ccc2[cH-]1.[Cl][Zr][Cl]. The quantitative estimate of drug-likeness (QED) is 0.288. The first-order valence-electron chi connectivity index (χ1n) is 10.3. The number of hydrogen-bond donors (Lipinski definition) is 0. The Kier molecular flexibility index (Phi) is 10.4. The Hall–Kier alpha value is -0.487. The van der Waals surface area contributed by atoms with Gasteiger partial charge in [0, 0.05) is 0 Å². The van der Waals surface area contributed by atoms with Gasteiger partial charge in [-0.05, 0) is 29.9 Å². The number of fused-ring (bicyclic) bond motifs is 1. The van der Waals surface area contributed by atoms with Crippen LogP contribution in [0.15, 0.2) is 48.5 Å². The molecule has 28 heavy (non-hydrogen) atoms. The maximum absolute atomic E-state index is 4.93. The Labute approximate surface area is 189 Å². The van der Waals surface area contributed by atoms with Crippen molar-refractivity contribution in [1.82, 2.24) is 0 Å². The fourth-order valence-electron chi connectivity index (χ4n) is 3.94. The second-order valence-electron chi connectivity index (χ2n) is 7.63. The number of unbranched alkanes of at least 4 members (excludes halogenated alkanes) is 1. The van der Waals surface area contributed by atoms with Gasteiger partial charge in [-0.3, -0.25) is 0 Å². The summed E-state index contributed by atoms with van der Waals surface area (Å²) in [5.41, 5.74) is 7.36. The van der Waals surface area contributed by atoms with E-state index in [0.717, 1.165) is 6.42 Å². The van der Waals surface area contributed by atoms with Gasteiger partial charge in [0.1, 0.15) is 0 Å². The topological polar surface area (TPSA) is 0 Å². The summed E-state index contributed by atoms with van der Waals surface area (Å²) < 4.78 is 0. The van der Waals surface area contributed by atoms with E-state index in [9.17, 15) is 0 Å². The van der Waals surface area contributed by atoms with Crippen molar-refractivity contribution in [3.63, 3.8) is 0 Å². The van der Waals surface area contributed by atoms with E-state index in [1.807, 2.05) is 0 Å². The van der Waals surface area contributed by atoms with Crippen LogP contribution in [-0.2, 0) is 33.7 Å². The van der Waals surface area contributed by atoms with Crippen LogP contribution in [0.1, 0.15) is 69.6 Å². The van der Waals surface area contributed by atoms with Gasteiger partial charge in [0.15, 0.2) is 0 Å². The molecule has 0 saturated heterocycles. The summed E-state index contributed by atoms with van der Waals surface area (Å²) in [6, 6.07) is 18.5. The second-order valence-corrected chi connectivity index (χ2v) is 11.4. The second kappa shape index (κ2) is 12.3. The Balaban J connectivity index is 0.000000878. The third-order valence-corrected chi connectivity index (χ3v) is 5.23. The van der Waals surface area contributed by atoms with Crippen molar-refractivity contribution in [3.05, 3.63) is 65.2 Å². The summed E-state index contributed by atoms with van der Waals surface area (Å²) in [4.78, 5) is 0. The first kappa shape index (κ1) is 23.8. The van der Waals surface area contributed by atoms with Gasteiger partial charge in [0.2, 0.25) is 0 Å². The first-order valence-corrected chi connectivity index (χ1v) is 16.7. The number of aryl methyl sites for hydroxylation is 2. The number of rotatable bonds is 7. The van der Waals surface area contributed by atoms with Gasteiger partial charge < -0.3 is 0 Å². The standard InChI is InChI=1S/C25H31.2ClH.Zr/c1-5-7-11-19-16-21-15-14-20(10-6-2)25(24(21)17-19)23-13-9-8-12-22(23)18(3)4;;;/h8-9,12-18H,5-7,10-11H2,1-4H3;2*1H;/q-1;;;+2/p-2. The Morgan fingerprint density at radius 2 is 1.68 bits per heavy atom. The van der Waals surface area contributed by atoms with Crippen molar-refractivity contribution in [2.75, 3.05) is 0 Å². The molecule has 0 radical (unpaired) electrons. The van der Waals surface area contributed by atoms with Gasteiger partial charge in [-0.25, -0.2) is 0 Å². The van der Waals surface area contributed by atoms with Crippen LogP contribution in [-0.4, -0.2) is 0 Å². The molecule has 0 aliphatic carbocycles. The Morgan fingerprint density at radius 3 is 2.32 bits per heavy atom. The van der Waals surface area contributed by atoms with Crippen molar-refractivity contribution >= 4 is 27.8 Å². The Morgan fingerprint density at radius 1 is 0.964 bits per heavy atom. The molecular formula is C25H31Cl2Zr-. The predicted molar refractivity (Wildman–Crippen MR) is 123 cm³/mol. The van der Waals surface area contributed by atoms with Crippen LogP contribution < -0.4 is 0 Å². The van der Waals surface area contributed by atoms with Crippen molar-refractivity contribution in [3.8, 4) is 11.1 Å². The minimum atomic E-state index is -0.826. The average Bonchev–Trinajstić information content (AvgIpc) is 3.10. The molecule has 3 heteroatoms. The summed E-state index contributed by atoms with van der Waals surface area (Å²) in [5.74, 6) is 0.537. The van der Waals surface area contributed by atoms with Gasteiger partial charge in [-0.15, -0.1) is 34.5 Å². The molecule has 0 atom stereocenters. The molecule has 0 aliphatic rings. The summed E-state index contributed by atoms with van der Waals surface area (Å²) in [7, 11) is 9.87. The van der Waals surface area contributed by atoms with Crippen LogP contribution in [0.3, 0.4) is 0 Å². The van der Waals surface area contributed by atoms with Gasteiger partial charge in [-0.1, -0.05) is 82.3 Å². The zero-order valence-electron chi connectivity index (χ0n) is 17.5. The van der Waals surface area contributed by atoms with Gasteiger partial charge >= 0.3 is 37.9 Å². The van der Waals surface area contributed by atoms with Gasteiger partial charge in [0.25, 0.3) is 0 Å². The van der Waals surface area contributed by atoms with E-state index >= 15 is 0 Å². The van der Waals surface area contributed by atoms with Gasteiger partial charge in [-0.2, -0.15) is 6.07 Å². The molecule has 0 saturated carbocycles. The third kappa shape index (κ3) is 6.01. The van der Waals surface area contributed by atoms with E-state index in [2.05, 4.69) is 76.2 Å². The molecule has 0 N–H and O–H groups in total. The van der Waals surface area contributed by atoms with Crippen molar-refractivity contribution in [1.29, 1.82) is 0 Å². The summed E-state index contributed by atoms with van der Waals surface area (Å²) >= 11 is -0.826. The number of halogens is 2. The summed E-state index contributed by atoms with van der Waals surface area (Å²) in [5, 5.41) is 2.85. The predicted octanol–water partition coefficient (Wildman–Crippen LogP) is 9.02. The summed E-state index contributed by atoms with van der Waals surface area (Å²) in [6.45, 7) is 9.15. The van der Waals surface area contributed by atoms with Crippen LogP contribution in [0.5, 0.6) is 0 Å². The average molecular weight is 494 g/mol. The summed E-state index contributed by atoms with van der Waals surface area (Å²) in [6.07, 6.45) is 6.06. The fourth-order valence-corrected chi connectivity index (χ4v) is 3.94. The molecule has 150 valence electrons. The molecule has 0 fully saturated rings. The van der Waals surface area contributed by atoms with Gasteiger partial charge in [0.05, 0.1) is 0 Å². The molecular weight excluding hydrogens is 462 g/mol. The molecule has 0 nitrogen and oxygen atoms in total. The van der Waals surface area contributed by atoms with E-state index in [1.165, 1.54) is 64.3 Å². The van der Waals surface area contributed by atoms with E-state index in [4.69, 9.17) is 17.0 Å². The monoisotopic (exact) mass is 491 g/mol. The maximum atomic E-state index is 4.93. The van der Waals surface area contributed by atoms with E-state index in [0.29, 0.717) is 5.92 Å². The van der Waals surface area contributed by atoms with Crippen LogP contribution in [0, 0.1) is 0 Å². The van der Waals surface area contributed by atoms with Crippen LogP contribution in [0.2, 0.25) is 0 Å². The molecule has 0 heterocycles. The zero-order chi connectivity index (χ0) is 20.5. The van der Waals surface area contributed by atoms with Crippen LogP contribution in [0.4, 0.5) is 0 Å². The first-order chi connectivity index (χ1) is 13.6. The molecule has 3 rings (SSSR count). The Bertz CT molecular complexity index is 864. The molecule has 0 aliphatic heterocycles. The normalized spacial score (nSPS) is 10.8. The van der Waals surface area contributed by atoms with E-state index in [-0.39, 0.29) is 0 Å². The van der Waals surface area contributed by atoms with Crippen LogP contribution in [0.25, 0.3) is 21.9 Å². The van der Waals surface area contributed by atoms with Crippen molar-refractivity contribution in [2.45, 2.75) is 65.7 Å². The van der Waals surface area contributed by atoms with Crippen molar-refractivity contribution < 1.29 is 20.8 Å². The molecule has 0 bridgehead atoms. The molecule has 0 unspecified atom stereocenters. The molecule has 0 spiro atoms. The van der Waals surface area contributed by atoms with Crippen molar-refractivity contribution in [2.24, 2.45) is 0 Å². The molecule has 0 aromatic heterocycles. The number of benzene rings is 2. The van der Waals surface area contributed by atoms with E-state index < -0.39 is 20.8 Å². The van der Waals surface area contributed by atoms with Crippen LogP contribution >= 0.6 is 17.0 Å². The molecule has 3 aromatic carbocycles. The minimum absolute atomic E-state index is 0.537. The number of hydrogen-bond acceptors (Lipinski definition) is 0. The zero-order valence-corrected chi connectivity index (χ0v) is 21.5. The molecule has 3 aromatic rings. The third-order valence-electron chi connectivity index (χ3n) is 5.23. The fraction of sp³-hybridized carbons (Fsp3) is 0.400.